The molecule has 2 amide bonds. The highest BCUT2D eigenvalue weighted by Crippen LogP contribution is 2.18. The van der Waals surface area contributed by atoms with Gasteiger partial charge in [-0.2, -0.15) is 0 Å². The van der Waals surface area contributed by atoms with Crippen LogP contribution in [0.2, 0.25) is 0 Å². The molecule has 1 aliphatic heterocycles. The number of hydrogen-bond donors (Lipinski definition) is 3. The third kappa shape index (κ3) is 7.70. The van der Waals surface area contributed by atoms with E-state index in [0.29, 0.717) is 6.42 Å². The van der Waals surface area contributed by atoms with E-state index in [4.69, 9.17) is 9.94 Å². The van der Waals surface area contributed by atoms with E-state index < -0.39 is 11.9 Å². The molecule has 1 fully saturated rings. The molecule has 7 nitrogen and oxygen atoms in total. The molecular weight excluding hydrogens is 430 g/mol. The lowest BCUT2D eigenvalue weighted by Crippen LogP contribution is -2.50. The van der Waals surface area contributed by atoms with E-state index in [2.05, 4.69) is 34.2 Å². The van der Waals surface area contributed by atoms with Gasteiger partial charge in [-0.1, -0.05) is 56.0 Å². The van der Waals surface area contributed by atoms with Gasteiger partial charge in [0.25, 0.3) is 5.91 Å². The normalized spacial score (nSPS) is 19.3. The van der Waals surface area contributed by atoms with E-state index in [1.807, 2.05) is 36.4 Å². The van der Waals surface area contributed by atoms with Gasteiger partial charge in [0.1, 0.15) is 6.04 Å². The Labute approximate surface area is 201 Å². The molecule has 1 heterocycles. The summed E-state index contributed by atoms with van der Waals surface area (Å²) in [4.78, 5) is 26.6. The van der Waals surface area contributed by atoms with E-state index in [9.17, 15) is 9.59 Å². The molecule has 2 atom stereocenters. The highest BCUT2D eigenvalue weighted by atomic mass is 16.5. The Morgan fingerprint density at radius 1 is 1.24 bits per heavy atom. The van der Waals surface area contributed by atoms with Gasteiger partial charge in [0, 0.05) is 25.2 Å². The molecule has 1 saturated heterocycles. The SMILES string of the molecule is CC(C)[C@H](NC(=O)C1C=CC(C=CC#Cc2ccc(CN3CCOCC3)cc2)=CC1)C(=O)NO. The summed E-state index contributed by atoms with van der Waals surface area (Å²) >= 11 is 0. The summed E-state index contributed by atoms with van der Waals surface area (Å²) < 4.78 is 5.39. The summed E-state index contributed by atoms with van der Waals surface area (Å²) in [5.41, 5.74) is 4.83. The van der Waals surface area contributed by atoms with Crippen LogP contribution in [0.3, 0.4) is 0 Å². The second-order valence-corrected chi connectivity index (χ2v) is 8.80. The number of carbonyl (C=O) groups is 2. The smallest absolute Gasteiger partial charge is 0.266 e. The summed E-state index contributed by atoms with van der Waals surface area (Å²) in [7, 11) is 0. The number of nitrogens with one attached hydrogen (secondary N) is 2. The molecule has 3 rings (SSSR count). The van der Waals surface area contributed by atoms with Crippen LogP contribution in [0, 0.1) is 23.7 Å². The van der Waals surface area contributed by atoms with Crippen molar-refractivity contribution in [1.29, 1.82) is 0 Å². The fourth-order valence-electron chi connectivity index (χ4n) is 3.79. The fourth-order valence-corrected chi connectivity index (χ4v) is 3.79. The number of rotatable bonds is 7. The van der Waals surface area contributed by atoms with Crippen molar-refractivity contribution in [3.63, 3.8) is 0 Å². The van der Waals surface area contributed by atoms with E-state index in [0.717, 1.165) is 44.0 Å². The lowest BCUT2D eigenvalue weighted by molar-refractivity contribution is -0.136. The Kier molecular flexibility index (Phi) is 9.65. The van der Waals surface area contributed by atoms with E-state index in [1.54, 1.807) is 25.4 Å². The van der Waals surface area contributed by atoms with Gasteiger partial charge in [-0.25, -0.2) is 5.48 Å². The van der Waals surface area contributed by atoms with Gasteiger partial charge in [0.15, 0.2) is 0 Å². The van der Waals surface area contributed by atoms with Crippen molar-refractivity contribution in [2.75, 3.05) is 26.3 Å². The first-order chi connectivity index (χ1) is 16.5. The average Bonchev–Trinajstić information content (AvgIpc) is 2.86. The zero-order valence-electron chi connectivity index (χ0n) is 19.8. The first-order valence-corrected chi connectivity index (χ1v) is 11.7. The minimum Gasteiger partial charge on any atom is -0.379 e. The monoisotopic (exact) mass is 463 g/mol. The molecule has 0 spiro atoms. The molecule has 0 aromatic heterocycles. The lowest BCUT2D eigenvalue weighted by Gasteiger charge is -2.26. The van der Waals surface area contributed by atoms with Gasteiger partial charge in [0.05, 0.1) is 19.1 Å². The third-order valence-corrected chi connectivity index (χ3v) is 5.86. The van der Waals surface area contributed by atoms with Gasteiger partial charge in [-0.3, -0.25) is 19.7 Å². The number of benzene rings is 1. The Balaban J connectivity index is 1.47. The Bertz CT molecular complexity index is 993. The van der Waals surface area contributed by atoms with E-state index in [1.165, 1.54) is 5.56 Å². The second kappa shape index (κ2) is 12.9. The van der Waals surface area contributed by atoms with E-state index in [-0.39, 0.29) is 17.7 Å². The van der Waals surface area contributed by atoms with Crippen LogP contribution in [0.1, 0.15) is 31.4 Å². The Hall–Kier alpha value is -3.18. The molecule has 3 N–H and O–H groups in total. The molecule has 0 bridgehead atoms. The summed E-state index contributed by atoms with van der Waals surface area (Å²) in [5, 5.41) is 11.6. The van der Waals surface area contributed by atoms with E-state index >= 15 is 0 Å². The lowest BCUT2D eigenvalue weighted by atomic mass is 9.94. The van der Waals surface area contributed by atoms with Crippen molar-refractivity contribution >= 4 is 11.8 Å². The maximum absolute atomic E-state index is 12.5. The molecule has 34 heavy (non-hydrogen) atoms. The molecule has 2 aliphatic rings. The number of amides is 2. The maximum Gasteiger partial charge on any atom is 0.266 e. The molecule has 1 aromatic carbocycles. The second-order valence-electron chi connectivity index (χ2n) is 8.80. The van der Waals surface area contributed by atoms with Gasteiger partial charge in [0.2, 0.25) is 5.91 Å². The Morgan fingerprint density at radius 2 is 1.97 bits per heavy atom. The van der Waals surface area contributed by atoms with Crippen LogP contribution in [-0.2, 0) is 20.9 Å². The highest BCUT2D eigenvalue weighted by molar-refractivity contribution is 5.89. The van der Waals surface area contributed by atoms with Crippen molar-refractivity contribution in [1.82, 2.24) is 15.7 Å². The summed E-state index contributed by atoms with van der Waals surface area (Å²) in [6.07, 6.45) is 9.93. The van der Waals surface area contributed by atoms with Gasteiger partial charge < -0.3 is 10.1 Å². The predicted octanol–water partition coefficient (Wildman–Crippen LogP) is 2.58. The quantitative estimate of drug-likeness (QED) is 0.329. The number of allylic oxidation sites excluding steroid dienone is 5. The van der Waals surface area contributed by atoms with Crippen molar-refractivity contribution in [2.45, 2.75) is 32.9 Å². The molecule has 1 aromatic rings. The molecule has 0 radical (unpaired) electrons. The maximum atomic E-state index is 12.5. The molecule has 1 aliphatic carbocycles. The molecular formula is C27H33N3O4. The van der Waals surface area contributed by atoms with Gasteiger partial charge in [-0.05, 0) is 47.8 Å². The van der Waals surface area contributed by atoms with Crippen LogP contribution < -0.4 is 10.8 Å². The first-order valence-electron chi connectivity index (χ1n) is 11.7. The average molecular weight is 464 g/mol. The number of hydrogen-bond acceptors (Lipinski definition) is 5. The van der Waals surface area contributed by atoms with Crippen molar-refractivity contribution in [3.8, 4) is 11.8 Å². The highest BCUT2D eigenvalue weighted by Gasteiger charge is 2.26. The summed E-state index contributed by atoms with van der Waals surface area (Å²) in [6, 6.07) is 7.55. The van der Waals surface area contributed by atoms with Gasteiger partial charge >= 0.3 is 0 Å². The van der Waals surface area contributed by atoms with Crippen LogP contribution in [0.25, 0.3) is 0 Å². The Morgan fingerprint density at radius 3 is 2.59 bits per heavy atom. The molecule has 7 heteroatoms. The summed E-state index contributed by atoms with van der Waals surface area (Å²) in [6.45, 7) is 8.10. The van der Waals surface area contributed by atoms with Crippen molar-refractivity contribution < 1.29 is 19.5 Å². The van der Waals surface area contributed by atoms with Crippen molar-refractivity contribution in [2.24, 2.45) is 11.8 Å². The van der Waals surface area contributed by atoms with Crippen LogP contribution in [0.15, 0.2) is 60.2 Å². The van der Waals surface area contributed by atoms with Crippen LogP contribution >= 0.6 is 0 Å². The molecule has 0 saturated carbocycles. The van der Waals surface area contributed by atoms with Crippen molar-refractivity contribution in [3.05, 3.63) is 71.3 Å². The number of hydroxylamine groups is 1. The predicted molar refractivity (Wildman–Crippen MR) is 131 cm³/mol. The fraction of sp³-hybridized carbons (Fsp3) is 0.407. The summed E-state index contributed by atoms with van der Waals surface area (Å²) in [5.74, 6) is 4.85. The van der Waals surface area contributed by atoms with Crippen LogP contribution in [-0.4, -0.2) is 54.3 Å². The number of ether oxygens (including phenoxy) is 1. The number of nitrogens with zero attached hydrogens (tertiary/aromatic N) is 1. The standard InChI is InChI=1S/C27H33N3O4/c1-20(2)25(27(32)29-33)28-26(31)24-13-11-22(12-14-24)6-4-3-5-21-7-9-23(10-8-21)19-30-15-17-34-18-16-30/h4,6-13,20,24-25,33H,14-19H2,1-2H3,(H,28,31)(H,29,32)/t24?,25-/m0/s1. The molecule has 1 unspecified atom stereocenters. The van der Waals surface area contributed by atoms with Gasteiger partial charge in [-0.15, -0.1) is 0 Å². The molecule has 180 valence electrons. The zero-order valence-corrected chi connectivity index (χ0v) is 19.8. The third-order valence-electron chi connectivity index (χ3n) is 5.86. The minimum atomic E-state index is -0.778. The van der Waals surface area contributed by atoms with Crippen LogP contribution in [0.4, 0.5) is 0 Å². The first kappa shape index (κ1) is 25.4. The number of morpholine rings is 1. The largest absolute Gasteiger partial charge is 0.379 e. The number of carbonyl (C=O) groups excluding carboxylic acids is 2. The minimum absolute atomic E-state index is 0.141. The van der Waals surface area contributed by atoms with Crippen LogP contribution in [0.5, 0.6) is 0 Å². The zero-order chi connectivity index (χ0) is 24.3. The topological polar surface area (TPSA) is 90.9 Å².